The van der Waals surface area contributed by atoms with Gasteiger partial charge in [-0.05, 0) is 37.8 Å². The summed E-state index contributed by atoms with van der Waals surface area (Å²) in [6, 6.07) is 7.66. The van der Waals surface area contributed by atoms with Gasteiger partial charge in [0.25, 0.3) is 0 Å². The van der Waals surface area contributed by atoms with E-state index in [4.69, 9.17) is 10.5 Å². The van der Waals surface area contributed by atoms with Crippen LogP contribution in [0.5, 0.6) is 5.75 Å². The third-order valence-corrected chi connectivity index (χ3v) is 5.63. The first-order valence-corrected chi connectivity index (χ1v) is 10.1. The van der Waals surface area contributed by atoms with E-state index in [1.165, 1.54) is 0 Å². The molecule has 0 bridgehead atoms. The van der Waals surface area contributed by atoms with Crippen LogP contribution in [0, 0.1) is 5.92 Å². The van der Waals surface area contributed by atoms with E-state index < -0.39 is 0 Å². The van der Waals surface area contributed by atoms with Crippen LogP contribution in [-0.4, -0.2) is 46.6 Å². The Morgan fingerprint density at radius 3 is 2.70 bits per heavy atom. The summed E-state index contributed by atoms with van der Waals surface area (Å²) in [5.74, 6) is 1.71. The van der Waals surface area contributed by atoms with Crippen LogP contribution in [0.15, 0.2) is 30.6 Å². The Morgan fingerprint density at radius 2 is 2.00 bits per heavy atom. The zero-order valence-corrected chi connectivity index (χ0v) is 17.5. The molecule has 0 aliphatic heterocycles. The maximum Gasteiger partial charge on any atom is 0.228 e. The molecular weight excluding hydrogens is 382 g/mol. The first kappa shape index (κ1) is 19.9. The molecule has 2 heterocycles. The standard InChI is InChI=1S/C21H27N7O2/c1-27(2)21-25-18(22)17-19(26-21)28(12-23-17)15-9-7-13(8-10-15)20(29)24-14-5-4-6-16(11-14)30-3/h4-6,11-13,15H,7-10H2,1-3H3,(H,24,29)(H2,22,25,26)/t13-,15+. The molecule has 9 heteroatoms. The van der Waals surface area contributed by atoms with Gasteiger partial charge in [0, 0.05) is 37.8 Å². The third kappa shape index (κ3) is 3.87. The fraction of sp³-hybridized carbons (Fsp3) is 0.429. The maximum absolute atomic E-state index is 12.7. The first-order chi connectivity index (χ1) is 14.5. The Morgan fingerprint density at radius 1 is 1.23 bits per heavy atom. The van der Waals surface area contributed by atoms with Gasteiger partial charge in [0.05, 0.1) is 13.4 Å². The molecule has 2 aromatic heterocycles. The van der Waals surface area contributed by atoms with Crippen LogP contribution in [-0.2, 0) is 4.79 Å². The van der Waals surface area contributed by atoms with Crippen molar-refractivity contribution in [3.8, 4) is 5.75 Å². The van der Waals surface area contributed by atoms with E-state index in [2.05, 4.69) is 24.8 Å². The lowest BCUT2D eigenvalue weighted by Crippen LogP contribution is -2.28. The minimum atomic E-state index is -0.0146. The zero-order chi connectivity index (χ0) is 21.3. The highest BCUT2D eigenvalue weighted by Gasteiger charge is 2.28. The van der Waals surface area contributed by atoms with Crippen molar-refractivity contribution in [2.75, 3.05) is 37.2 Å². The molecular formula is C21H27N7O2. The molecule has 0 spiro atoms. The second-order valence-corrected chi connectivity index (χ2v) is 7.85. The molecule has 3 N–H and O–H groups in total. The number of ether oxygens (including phenoxy) is 1. The number of imidazole rings is 1. The van der Waals surface area contributed by atoms with Crippen molar-refractivity contribution in [1.82, 2.24) is 19.5 Å². The summed E-state index contributed by atoms with van der Waals surface area (Å²) in [5, 5.41) is 3.01. The van der Waals surface area contributed by atoms with Crippen LogP contribution in [0.3, 0.4) is 0 Å². The fourth-order valence-electron chi connectivity index (χ4n) is 3.95. The predicted molar refractivity (Wildman–Crippen MR) is 117 cm³/mol. The van der Waals surface area contributed by atoms with Gasteiger partial charge in [-0.3, -0.25) is 4.79 Å². The minimum Gasteiger partial charge on any atom is -0.497 e. The number of hydrogen-bond donors (Lipinski definition) is 2. The van der Waals surface area contributed by atoms with Crippen molar-refractivity contribution in [3.63, 3.8) is 0 Å². The van der Waals surface area contributed by atoms with Crippen molar-refractivity contribution < 1.29 is 9.53 Å². The number of nitrogen functional groups attached to an aromatic ring is 1. The molecule has 1 aromatic carbocycles. The summed E-state index contributed by atoms with van der Waals surface area (Å²) >= 11 is 0. The van der Waals surface area contributed by atoms with E-state index in [0.29, 0.717) is 17.3 Å². The first-order valence-electron chi connectivity index (χ1n) is 10.1. The number of methoxy groups -OCH3 is 1. The Balaban J connectivity index is 1.45. The number of nitrogens with one attached hydrogen (secondary N) is 1. The predicted octanol–water partition coefficient (Wildman–Crippen LogP) is 2.85. The molecule has 4 rings (SSSR count). The van der Waals surface area contributed by atoms with Gasteiger partial charge in [-0.1, -0.05) is 6.07 Å². The molecule has 0 saturated heterocycles. The van der Waals surface area contributed by atoms with Gasteiger partial charge in [0.15, 0.2) is 11.5 Å². The van der Waals surface area contributed by atoms with Gasteiger partial charge < -0.3 is 25.3 Å². The van der Waals surface area contributed by atoms with E-state index in [-0.39, 0.29) is 17.9 Å². The maximum atomic E-state index is 12.7. The summed E-state index contributed by atoms with van der Waals surface area (Å²) in [7, 11) is 5.38. The van der Waals surface area contributed by atoms with Crippen molar-refractivity contribution >= 4 is 34.5 Å². The normalized spacial score (nSPS) is 18.9. The van der Waals surface area contributed by atoms with Gasteiger partial charge in [0.2, 0.25) is 11.9 Å². The number of fused-ring (bicyclic) bond motifs is 1. The highest BCUT2D eigenvalue weighted by Crippen LogP contribution is 2.35. The Labute approximate surface area is 175 Å². The smallest absolute Gasteiger partial charge is 0.228 e. The number of carbonyl (C=O) groups excluding carboxylic acids is 1. The summed E-state index contributed by atoms with van der Waals surface area (Å²) in [4.78, 5) is 27.9. The van der Waals surface area contributed by atoms with E-state index in [1.807, 2.05) is 43.3 Å². The molecule has 1 fully saturated rings. The minimum absolute atomic E-state index is 0.0146. The molecule has 1 saturated carbocycles. The highest BCUT2D eigenvalue weighted by molar-refractivity contribution is 5.92. The number of nitrogens with zero attached hydrogens (tertiary/aromatic N) is 5. The van der Waals surface area contributed by atoms with E-state index in [9.17, 15) is 4.79 Å². The van der Waals surface area contributed by atoms with Crippen molar-refractivity contribution in [1.29, 1.82) is 0 Å². The van der Waals surface area contributed by atoms with Crippen LogP contribution in [0.4, 0.5) is 17.5 Å². The van der Waals surface area contributed by atoms with Crippen LogP contribution < -0.4 is 20.7 Å². The number of benzene rings is 1. The molecule has 3 aromatic rings. The topological polar surface area (TPSA) is 111 Å². The molecule has 9 nitrogen and oxygen atoms in total. The number of anilines is 3. The molecule has 0 radical (unpaired) electrons. The zero-order valence-electron chi connectivity index (χ0n) is 17.5. The van der Waals surface area contributed by atoms with E-state index in [1.54, 1.807) is 13.4 Å². The Hall–Kier alpha value is -3.36. The number of rotatable bonds is 5. The third-order valence-electron chi connectivity index (χ3n) is 5.63. The molecule has 0 atom stereocenters. The van der Waals surface area contributed by atoms with Gasteiger partial charge in [-0.2, -0.15) is 9.97 Å². The molecule has 1 aliphatic carbocycles. The summed E-state index contributed by atoms with van der Waals surface area (Å²) < 4.78 is 7.30. The Kier molecular flexibility index (Phi) is 5.43. The number of hydrogen-bond acceptors (Lipinski definition) is 7. The van der Waals surface area contributed by atoms with Crippen LogP contribution in [0.2, 0.25) is 0 Å². The fourth-order valence-corrected chi connectivity index (χ4v) is 3.95. The van der Waals surface area contributed by atoms with E-state index in [0.717, 1.165) is 42.8 Å². The second kappa shape index (κ2) is 8.17. The Bertz CT molecular complexity index is 1050. The number of nitrogens with two attached hydrogens (primary N) is 1. The van der Waals surface area contributed by atoms with Crippen molar-refractivity contribution in [3.05, 3.63) is 30.6 Å². The monoisotopic (exact) mass is 409 g/mol. The summed E-state index contributed by atoms with van der Waals surface area (Å²) in [5.41, 5.74) is 8.20. The lowest BCUT2D eigenvalue weighted by molar-refractivity contribution is -0.120. The molecule has 30 heavy (non-hydrogen) atoms. The lowest BCUT2D eigenvalue weighted by Gasteiger charge is -2.29. The number of amides is 1. The molecule has 1 amide bonds. The average Bonchev–Trinajstić information content (AvgIpc) is 3.18. The molecule has 1 aliphatic rings. The van der Waals surface area contributed by atoms with E-state index >= 15 is 0 Å². The van der Waals surface area contributed by atoms with Crippen LogP contribution in [0.1, 0.15) is 31.7 Å². The summed E-state index contributed by atoms with van der Waals surface area (Å²) in [6.07, 6.45) is 5.16. The van der Waals surface area contributed by atoms with Gasteiger partial charge >= 0.3 is 0 Å². The number of aromatic nitrogens is 4. The van der Waals surface area contributed by atoms with Gasteiger partial charge in [0.1, 0.15) is 11.3 Å². The molecule has 0 unspecified atom stereocenters. The van der Waals surface area contributed by atoms with Gasteiger partial charge in [-0.15, -0.1) is 0 Å². The largest absolute Gasteiger partial charge is 0.497 e. The second-order valence-electron chi connectivity index (χ2n) is 7.85. The van der Waals surface area contributed by atoms with Crippen molar-refractivity contribution in [2.24, 2.45) is 5.92 Å². The molecule has 158 valence electrons. The summed E-state index contributed by atoms with van der Waals surface area (Å²) in [6.45, 7) is 0. The SMILES string of the molecule is COc1cccc(NC(=O)[C@H]2CC[C@@H](n3cnc4c(N)nc(N(C)C)nc43)CC2)c1. The van der Waals surface area contributed by atoms with Crippen molar-refractivity contribution in [2.45, 2.75) is 31.7 Å². The lowest BCUT2D eigenvalue weighted by atomic mass is 9.85. The highest BCUT2D eigenvalue weighted by atomic mass is 16.5. The van der Waals surface area contributed by atoms with Crippen LogP contribution >= 0.6 is 0 Å². The average molecular weight is 409 g/mol. The van der Waals surface area contributed by atoms with Gasteiger partial charge in [-0.25, -0.2) is 4.98 Å². The number of carbonyl (C=O) groups is 1. The quantitative estimate of drug-likeness (QED) is 0.666. The van der Waals surface area contributed by atoms with Crippen LogP contribution in [0.25, 0.3) is 11.2 Å².